The molecule has 1 amide bonds. The quantitative estimate of drug-likeness (QED) is 0.440. The van der Waals surface area contributed by atoms with Crippen molar-refractivity contribution >= 4 is 48.5 Å². The summed E-state index contributed by atoms with van der Waals surface area (Å²) in [7, 11) is 0. The minimum absolute atomic E-state index is 0.0357. The zero-order valence-electron chi connectivity index (χ0n) is 17.6. The lowest BCUT2D eigenvalue weighted by molar-refractivity contribution is 0.0376. The molecule has 0 aliphatic carbocycles. The maximum atomic E-state index is 13.4. The number of amides is 1. The smallest absolute Gasteiger partial charge is 0.260 e. The molecule has 0 radical (unpaired) electrons. The molecule has 8 heteroatoms. The lowest BCUT2D eigenvalue weighted by Gasteiger charge is -2.27. The molecular weight excluding hydrogens is 478 g/mol. The van der Waals surface area contributed by atoms with Crippen molar-refractivity contribution in [3.05, 3.63) is 52.5 Å². The second-order valence-corrected chi connectivity index (χ2v) is 9.23. The van der Waals surface area contributed by atoms with Crippen LogP contribution in [0.5, 0.6) is 5.75 Å². The largest absolute Gasteiger partial charge is 0.492 e. The van der Waals surface area contributed by atoms with E-state index in [-0.39, 0.29) is 5.91 Å². The van der Waals surface area contributed by atoms with E-state index in [2.05, 4.69) is 20.8 Å². The highest BCUT2D eigenvalue weighted by Gasteiger charge is 2.22. The molecule has 6 nitrogen and oxygen atoms in total. The van der Waals surface area contributed by atoms with Crippen molar-refractivity contribution < 1.29 is 14.3 Å². The highest BCUT2D eigenvalue weighted by Crippen LogP contribution is 2.35. The van der Waals surface area contributed by atoms with Crippen molar-refractivity contribution in [1.29, 1.82) is 0 Å². The average molecular weight is 504 g/mol. The molecule has 31 heavy (non-hydrogen) atoms. The van der Waals surface area contributed by atoms with Gasteiger partial charge in [-0.15, -0.1) is 0 Å². The molecule has 1 aliphatic rings. The van der Waals surface area contributed by atoms with Crippen molar-refractivity contribution in [3.63, 3.8) is 0 Å². The maximum absolute atomic E-state index is 13.4. The van der Waals surface area contributed by atoms with Gasteiger partial charge in [-0.25, -0.2) is 4.98 Å². The molecule has 2 heterocycles. The van der Waals surface area contributed by atoms with Gasteiger partial charge in [-0.1, -0.05) is 33.3 Å². The third-order valence-corrected chi connectivity index (χ3v) is 6.77. The number of rotatable bonds is 8. The van der Waals surface area contributed by atoms with Crippen LogP contribution in [0.2, 0.25) is 0 Å². The molecule has 3 aromatic rings. The van der Waals surface area contributed by atoms with Gasteiger partial charge in [0.05, 0.1) is 24.5 Å². The van der Waals surface area contributed by atoms with Gasteiger partial charge in [-0.3, -0.25) is 14.6 Å². The van der Waals surface area contributed by atoms with Crippen molar-refractivity contribution in [1.82, 2.24) is 9.88 Å². The van der Waals surface area contributed by atoms with Crippen LogP contribution in [0.25, 0.3) is 10.2 Å². The predicted molar refractivity (Wildman–Crippen MR) is 128 cm³/mol. The van der Waals surface area contributed by atoms with Gasteiger partial charge in [-0.2, -0.15) is 0 Å². The zero-order chi connectivity index (χ0) is 21.6. The molecule has 164 valence electrons. The highest BCUT2D eigenvalue weighted by atomic mass is 79.9. The molecule has 4 rings (SSSR count). The summed E-state index contributed by atoms with van der Waals surface area (Å²) in [5.41, 5.74) is 1.46. The molecular formula is C23H26BrN3O3S. The average Bonchev–Trinajstić information content (AvgIpc) is 3.23. The normalized spacial score (nSPS) is 14.6. The van der Waals surface area contributed by atoms with E-state index in [1.807, 2.05) is 54.3 Å². The number of fused-ring (bicyclic) bond motifs is 1. The molecule has 1 aliphatic heterocycles. The number of hydrogen-bond acceptors (Lipinski definition) is 6. The lowest BCUT2D eigenvalue weighted by Crippen LogP contribution is -2.39. The number of morpholine rings is 1. The summed E-state index contributed by atoms with van der Waals surface area (Å²) in [6.07, 6.45) is 0.872. The summed E-state index contributed by atoms with van der Waals surface area (Å²) in [5, 5.41) is 0.706. The van der Waals surface area contributed by atoms with E-state index in [0.717, 1.165) is 59.7 Å². The molecule has 2 aromatic carbocycles. The summed E-state index contributed by atoms with van der Waals surface area (Å²) in [4.78, 5) is 22.5. The number of aromatic nitrogens is 1. The summed E-state index contributed by atoms with van der Waals surface area (Å²) in [6.45, 7) is 7.52. The Balaban J connectivity index is 1.59. The maximum Gasteiger partial charge on any atom is 0.260 e. The molecule has 0 unspecified atom stereocenters. The van der Waals surface area contributed by atoms with E-state index < -0.39 is 0 Å². The number of nitrogens with zero attached hydrogens (tertiary/aromatic N) is 3. The van der Waals surface area contributed by atoms with Gasteiger partial charge in [0.1, 0.15) is 11.3 Å². The third-order valence-electron chi connectivity index (χ3n) is 5.20. The Labute approximate surface area is 194 Å². The van der Waals surface area contributed by atoms with Crippen LogP contribution in [0.3, 0.4) is 0 Å². The molecule has 1 saturated heterocycles. The van der Waals surface area contributed by atoms with E-state index in [1.165, 1.54) is 11.3 Å². The Morgan fingerprint density at radius 3 is 2.74 bits per heavy atom. The van der Waals surface area contributed by atoms with E-state index in [1.54, 1.807) is 0 Å². The second kappa shape index (κ2) is 10.5. The minimum Gasteiger partial charge on any atom is -0.492 e. The van der Waals surface area contributed by atoms with Crippen molar-refractivity contribution in [3.8, 4) is 5.75 Å². The zero-order valence-corrected chi connectivity index (χ0v) is 20.0. The molecule has 0 bridgehead atoms. The molecule has 0 spiro atoms. The highest BCUT2D eigenvalue weighted by molar-refractivity contribution is 9.10. The van der Waals surface area contributed by atoms with Crippen molar-refractivity contribution in [2.24, 2.45) is 0 Å². The Morgan fingerprint density at radius 2 is 2.00 bits per heavy atom. The topological polar surface area (TPSA) is 54.9 Å². The minimum atomic E-state index is -0.0357. The number of carbonyl (C=O) groups is 1. The fourth-order valence-electron chi connectivity index (χ4n) is 3.61. The van der Waals surface area contributed by atoms with Gasteiger partial charge in [0.2, 0.25) is 0 Å². The standard InChI is InChI=1S/C23H26BrN3O3S/c1-2-30-19-5-3-6-20-21(19)25-23(31-20)27(12-4-11-26-13-15-29-16-14-26)22(28)17-7-9-18(24)10-8-17/h3,5-10H,2,4,11-16H2,1H3. The van der Waals surface area contributed by atoms with Gasteiger partial charge in [0.15, 0.2) is 5.13 Å². The van der Waals surface area contributed by atoms with Crippen LogP contribution in [-0.4, -0.2) is 61.8 Å². The Morgan fingerprint density at radius 1 is 1.23 bits per heavy atom. The Hall–Kier alpha value is -2.00. The first kappa shape index (κ1) is 22.2. The van der Waals surface area contributed by atoms with Crippen LogP contribution < -0.4 is 9.64 Å². The van der Waals surface area contributed by atoms with E-state index in [0.29, 0.717) is 23.8 Å². The third kappa shape index (κ3) is 5.44. The van der Waals surface area contributed by atoms with Crippen LogP contribution in [0.4, 0.5) is 5.13 Å². The number of carbonyl (C=O) groups excluding carboxylic acids is 1. The molecule has 0 N–H and O–H groups in total. The first-order valence-corrected chi connectivity index (χ1v) is 12.2. The van der Waals surface area contributed by atoms with Gasteiger partial charge >= 0.3 is 0 Å². The van der Waals surface area contributed by atoms with Gasteiger partial charge in [0, 0.05) is 36.2 Å². The summed E-state index contributed by atoms with van der Waals surface area (Å²) in [6, 6.07) is 13.4. The molecule has 1 aromatic heterocycles. The van der Waals surface area contributed by atoms with Gasteiger partial charge in [0.25, 0.3) is 5.91 Å². The summed E-state index contributed by atoms with van der Waals surface area (Å²) in [5.74, 6) is 0.721. The summed E-state index contributed by atoms with van der Waals surface area (Å²) >= 11 is 4.97. The Bertz CT molecular complexity index is 1020. The fourth-order valence-corrected chi connectivity index (χ4v) is 4.88. The van der Waals surface area contributed by atoms with Crippen LogP contribution in [-0.2, 0) is 4.74 Å². The number of thiazole rings is 1. The monoisotopic (exact) mass is 503 g/mol. The van der Waals surface area contributed by atoms with Gasteiger partial charge < -0.3 is 9.47 Å². The fraction of sp³-hybridized carbons (Fsp3) is 0.391. The number of hydrogen-bond donors (Lipinski definition) is 0. The number of ether oxygens (including phenoxy) is 2. The lowest BCUT2D eigenvalue weighted by atomic mass is 10.2. The van der Waals surface area contributed by atoms with Crippen molar-refractivity contribution in [2.75, 3.05) is 50.9 Å². The van der Waals surface area contributed by atoms with Crippen molar-refractivity contribution in [2.45, 2.75) is 13.3 Å². The van der Waals surface area contributed by atoms with Crippen LogP contribution in [0.1, 0.15) is 23.7 Å². The van der Waals surface area contributed by atoms with Crippen LogP contribution in [0.15, 0.2) is 46.9 Å². The number of halogens is 1. The molecule has 0 saturated carbocycles. The number of para-hydroxylation sites is 1. The Kier molecular flexibility index (Phi) is 7.55. The van der Waals surface area contributed by atoms with Crippen LogP contribution >= 0.6 is 27.3 Å². The SMILES string of the molecule is CCOc1cccc2sc(N(CCCN3CCOCC3)C(=O)c3ccc(Br)cc3)nc12. The second-order valence-electron chi connectivity index (χ2n) is 7.30. The van der Waals surface area contributed by atoms with E-state index in [4.69, 9.17) is 14.5 Å². The first-order valence-electron chi connectivity index (χ1n) is 10.6. The van der Waals surface area contributed by atoms with Crippen LogP contribution in [0, 0.1) is 0 Å². The number of anilines is 1. The van der Waals surface area contributed by atoms with E-state index in [9.17, 15) is 4.79 Å². The summed E-state index contributed by atoms with van der Waals surface area (Å²) < 4.78 is 13.1. The molecule has 1 fully saturated rings. The van der Waals surface area contributed by atoms with Gasteiger partial charge in [-0.05, 0) is 49.7 Å². The first-order chi connectivity index (χ1) is 15.2. The molecule has 0 atom stereocenters. The van der Waals surface area contributed by atoms with E-state index >= 15 is 0 Å². The number of benzene rings is 2. The predicted octanol–water partition coefficient (Wildman–Crippen LogP) is 4.83.